The monoisotopic (exact) mass is 459 g/mol. The van der Waals surface area contributed by atoms with Gasteiger partial charge in [0.1, 0.15) is 29.0 Å². The minimum absolute atomic E-state index is 0. The zero-order chi connectivity index (χ0) is 20.3. The van der Waals surface area contributed by atoms with Crippen LogP contribution in [0.3, 0.4) is 0 Å². The Balaban J connectivity index is 0.00000231. The summed E-state index contributed by atoms with van der Waals surface area (Å²) in [6.07, 6.45) is 1.82. The molecule has 31 heavy (non-hydrogen) atoms. The smallest absolute Gasteiger partial charge is 0.155 e. The molecule has 0 saturated carbocycles. The van der Waals surface area contributed by atoms with Gasteiger partial charge in [-0.15, -0.1) is 23.7 Å². The molecule has 0 bridgehead atoms. The summed E-state index contributed by atoms with van der Waals surface area (Å²) < 4.78 is 18.5. The Morgan fingerprint density at radius 2 is 2.03 bits per heavy atom. The van der Waals surface area contributed by atoms with Gasteiger partial charge >= 0.3 is 0 Å². The van der Waals surface area contributed by atoms with Gasteiger partial charge in [-0.1, -0.05) is 5.16 Å². The molecule has 0 aliphatic carbocycles. The van der Waals surface area contributed by atoms with E-state index in [4.69, 9.17) is 13.9 Å². The molecule has 7 nitrogen and oxygen atoms in total. The highest BCUT2D eigenvalue weighted by molar-refractivity contribution is 7.17. The average Bonchev–Trinajstić information content (AvgIpc) is 3.27. The molecule has 0 unspecified atom stereocenters. The fourth-order valence-electron chi connectivity index (χ4n) is 3.55. The van der Waals surface area contributed by atoms with Crippen LogP contribution in [0.5, 0.6) is 5.75 Å². The van der Waals surface area contributed by atoms with Crippen LogP contribution in [0.25, 0.3) is 32.5 Å². The van der Waals surface area contributed by atoms with Gasteiger partial charge in [0.25, 0.3) is 0 Å². The largest absolute Gasteiger partial charge is 0.492 e. The van der Waals surface area contributed by atoms with Crippen molar-refractivity contribution in [1.29, 1.82) is 0 Å². The number of aromatic nitrogens is 1. The van der Waals surface area contributed by atoms with E-state index in [2.05, 4.69) is 15.0 Å². The number of nitrogens with zero attached hydrogens (tertiary/aromatic N) is 3. The highest BCUT2D eigenvalue weighted by atomic mass is 35.5. The van der Waals surface area contributed by atoms with E-state index in [9.17, 15) is 5.21 Å². The summed E-state index contributed by atoms with van der Waals surface area (Å²) in [5.74, 6) is 1.26. The topological polar surface area (TPSA) is 80.3 Å². The van der Waals surface area contributed by atoms with E-state index in [-0.39, 0.29) is 12.4 Å². The van der Waals surface area contributed by atoms with Crippen molar-refractivity contribution in [2.45, 2.75) is 0 Å². The molecule has 1 aromatic carbocycles. The maximum atomic E-state index is 9.59. The van der Waals surface area contributed by atoms with E-state index in [1.807, 2.05) is 41.9 Å². The Kier molecular flexibility index (Phi) is 6.72. The van der Waals surface area contributed by atoms with Gasteiger partial charge in [0, 0.05) is 42.0 Å². The van der Waals surface area contributed by atoms with Gasteiger partial charge in [-0.25, -0.2) is 0 Å². The van der Waals surface area contributed by atoms with E-state index in [0.717, 1.165) is 42.9 Å². The maximum absolute atomic E-state index is 9.59. The molecule has 1 aliphatic rings. The van der Waals surface area contributed by atoms with Crippen LogP contribution in [0, 0.1) is 0 Å². The van der Waals surface area contributed by atoms with Crippen LogP contribution in [0.1, 0.15) is 0 Å². The van der Waals surface area contributed by atoms with Crippen LogP contribution in [-0.2, 0) is 4.74 Å². The molecule has 0 spiro atoms. The number of benzene rings is 1. The van der Waals surface area contributed by atoms with Crippen molar-refractivity contribution in [3.8, 4) is 17.2 Å². The van der Waals surface area contributed by atoms with E-state index >= 15 is 0 Å². The molecule has 4 aromatic rings. The van der Waals surface area contributed by atoms with E-state index in [1.165, 1.54) is 0 Å². The summed E-state index contributed by atoms with van der Waals surface area (Å²) in [6.45, 7) is 4.84. The minimum atomic E-state index is 0. The van der Waals surface area contributed by atoms with Crippen LogP contribution < -0.4 is 10.1 Å². The van der Waals surface area contributed by atoms with Crippen LogP contribution in [-0.4, -0.2) is 54.5 Å². The third-order valence-electron chi connectivity index (χ3n) is 5.19. The first-order chi connectivity index (χ1) is 14.8. The fraction of sp³-hybridized carbons (Fsp3) is 0.273. The van der Waals surface area contributed by atoms with E-state index in [0.29, 0.717) is 40.1 Å². The number of halogens is 1. The number of hydrogen-bond acceptors (Lipinski definition) is 8. The van der Waals surface area contributed by atoms with Gasteiger partial charge in [0.05, 0.1) is 18.6 Å². The van der Waals surface area contributed by atoms with Crippen molar-refractivity contribution in [3.05, 3.63) is 53.3 Å². The molecule has 0 amide bonds. The number of thiophene rings is 1. The summed E-state index contributed by atoms with van der Waals surface area (Å²) in [5, 5.41) is 17.3. The molecule has 4 heterocycles. The minimum Gasteiger partial charge on any atom is -0.492 e. The molecule has 9 heteroatoms. The number of pyridine rings is 1. The quantitative estimate of drug-likeness (QED) is 0.357. The number of rotatable bonds is 5. The number of hydrogen-bond donors (Lipinski definition) is 1. The van der Waals surface area contributed by atoms with Crippen LogP contribution in [0.15, 0.2) is 57.5 Å². The normalized spacial score (nSPS) is 15.3. The highest BCUT2D eigenvalue weighted by Crippen LogP contribution is 2.27. The maximum Gasteiger partial charge on any atom is 0.155 e. The first kappa shape index (κ1) is 21.6. The predicted octanol–water partition coefficient (Wildman–Crippen LogP) is 4.13. The van der Waals surface area contributed by atoms with Gasteiger partial charge in [0.2, 0.25) is 0 Å². The fourth-order valence-corrected chi connectivity index (χ4v) is 4.35. The third-order valence-corrected chi connectivity index (χ3v) is 6.07. The molecular weight excluding hydrogens is 438 g/mol. The molecule has 0 atom stereocenters. The van der Waals surface area contributed by atoms with E-state index in [1.54, 1.807) is 17.4 Å². The predicted molar refractivity (Wildman–Crippen MR) is 122 cm³/mol. The Morgan fingerprint density at radius 3 is 2.87 bits per heavy atom. The molecule has 5 rings (SSSR count). The summed E-state index contributed by atoms with van der Waals surface area (Å²) in [7, 11) is 0. The Labute approximate surface area is 188 Å². The van der Waals surface area contributed by atoms with Gasteiger partial charge in [0.15, 0.2) is 5.76 Å². The van der Waals surface area contributed by atoms with E-state index < -0.39 is 0 Å². The highest BCUT2D eigenvalue weighted by Gasteiger charge is 2.12. The lowest BCUT2D eigenvalue weighted by Gasteiger charge is -2.26. The van der Waals surface area contributed by atoms with Crippen LogP contribution in [0.4, 0.5) is 0 Å². The number of ether oxygens (including phenoxy) is 2. The van der Waals surface area contributed by atoms with Gasteiger partial charge in [-0.05, 0) is 35.7 Å². The first-order valence-corrected chi connectivity index (χ1v) is 10.7. The second-order valence-corrected chi connectivity index (χ2v) is 8.03. The van der Waals surface area contributed by atoms with Gasteiger partial charge in [-0.3, -0.25) is 9.88 Å². The SMILES string of the molecule is Cl.ON=c1cc(-c2cc3sccc3cn2)oc2ccc(OCCN3CCOCC3)cc12. The lowest BCUT2D eigenvalue weighted by Crippen LogP contribution is -2.38. The Morgan fingerprint density at radius 1 is 1.16 bits per heavy atom. The number of fused-ring (bicyclic) bond motifs is 2. The van der Waals surface area contributed by atoms with Crippen LogP contribution >= 0.6 is 23.7 Å². The molecule has 3 aromatic heterocycles. The summed E-state index contributed by atoms with van der Waals surface area (Å²) in [4.78, 5) is 6.80. The van der Waals surface area contributed by atoms with Crippen molar-refractivity contribution >= 4 is 44.8 Å². The Bertz CT molecular complexity index is 1250. The molecule has 1 aliphatic heterocycles. The van der Waals surface area contributed by atoms with Crippen LogP contribution in [0.2, 0.25) is 0 Å². The Hall–Kier alpha value is -2.65. The van der Waals surface area contributed by atoms with Crippen molar-refractivity contribution in [3.63, 3.8) is 0 Å². The average molecular weight is 460 g/mol. The van der Waals surface area contributed by atoms with Gasteiger partial charge < -0.3 is 19.1 Å². The molecule has 1 saturated heterocycles. The van der Waals surface area contributed by atoms with Crippen molar-refractivity contribution in [2.75, 3.05) is 39.5 Å². The molecule has 1 fully saturated rings. The molecule has 162 valence electrons. The summed E-state index contributed by atoms with van der Waals surface area (Å²) in [6, 6.07) is 11.3. The molecular formula is C22H22ClN3O4S. The third kappa shape index (κ3) is 4.67. The summed E-state index contributed by atoms with van der Waals surface area (Å²) >= 11 is 1.65. The summed E-state index contributed by atoms with van der Waals surface area (Å²) in [5.41, 5.74) is 1.30. The second kappa shape index (κ2) is 9.65. The number of morpholine rings is 1. The standard InChI is InChI=1S/C22H21N3O4S.ClH/c26-24-18-12-21(19-13-22-15(14-23-19)3-10-30-22)29-20-2-1-16(11-17(18)20)28-9-6-25-4-7-27-8-5-25;/h1-3,10-14,26H,4-9H2;1H. The first-order valence-electron chi connectivity index (χ1n) is 9.83. The van der Waals surface area contributed by atoms with Gasteiger partial charge in [-0.2, -0.15) is 0 Å². The lowest BCUT2D eigenvalue weighted by molar-refractivity contribution is 0.0322. The van der Waals surface area contributed by atoms with Crippen molar-refractivity contribution in [1.82, 2.24) is 9.88 Å². The molecule has 0 radical (unpaired) electrons. The lowest BCUT2D eigenvalue weighted by atomic mass is 10.1. The second-order valence-electron chi connectivity index (χ2n) is 7.08. The van der Waals surface area contributed by atoms with Crippen molar-refractivity contribution in [2.24, 2.45) is 5.16 Å². The zero-order valence-corrected chi connectivity index (χ0v) is 18.3. The van der Waals surface area contributed by atoms with Crippen molar-refractivity contribution < 1.29 is 19.1 Å². The zero-order valence-electron chi connectivity index (χ0n) is 16.7. The molecule has 1 N–H and O–H groups in total.